The largest absolute Gasteiger partial charge is 0.481 e. The Hall–Kier alpha value is -2.57. The number of amides is 3. The number of hydrogen-bond donors (Lipinski definition) is 3. The molecule has 0 spiro atoms. The number of nitrogens with one attached hydrogen (secondary N) is 1. The van der Waals surface area contributed by atoms with Gasteiger partial charge in [-0.25, -0.2) is 4.79 Å². The van der Waals surface area contributed by atoms with Crippen molar-refractivity contribution in [2.45, 2.75) is 13.5 Å². The van der Waals surface area contributed by atoms with Crippen LogP contribution in [0.5, 0.6) is 0 Å². The first-order valence-electron chi connectivity index (χ1n) is 7.03. The highest BCUT2D eigenvalue weighted by molar-refractivity contribution is 5.94. The predicted octanol–water partition coefficient (Wildman–Crippen LogP) is 0.648. The van der Waals surface area contributed by atoms with Gasteiger partial charge in [0.1, 0.15) is 0 Å². The van der Waals surface area contributed by atoms with Crippen molar-refractivity contribution in [3.05, 3.63) is 35.4 Å². The van der Waals surface area contributed by atoms with Gasteiger partial charge in [-0.2, -0.15) is 0 Å². The summed E-state index contributed by atoms with van der Waals surface area (Å²) in [6.45, 7) is 2.82. The van der Waals surface area contributed by atoms with E-state index in [0.29, 0.717) is 18.7 Å². The fourth-order valence-electron chi connectivity index (χ4n) is 2.59. The Labute approximate surface area is 128 Å². The fourth-order valence-corrected chi connectivity index (χ4v) is 2.59. The number of aliphatic carboxylic acids is 1. The van der Waals surface area contributed by atoms with Crippen molar-refractivity contribution in [1.82, 2.24) is 10.2 Å². The van der Waals surface area contributed by atoms with Gasteiger partial charge >= 0.3 is 12.0 Å². The fraction of sp³-hybridized carbons (Fsp3) is 0.400. The van der Waals surface area contributed by atoms with Crippen LogP contribution in [-0.4, -0.2) is 41.0 Å². The standard InChI is InChI=1S/C15H19N3O4/c1-9-7-18(8-12(9)14(20)21)13(19)11-4-2-10(3-5-11)6-17-15(16)22/h2-5,9,12H,6-8H2,1H3,(H,20,21)(H3,16,17,22)/t9-,12-/m1/s1. The number of nitrogens with two attached hydrogens (primary N) is 1. The van der Waals surface area contributed by atoms with E-state index in [0.717, 1.165) is 5.56 Å². The van der Waals surface area contributed by atoms with Crippen LogP contribution in [0.1, 0.15) is 22.8 Å². The number of hydrogen-bond acceptors (Lipinski definition) is 3. The lowest BCUT2D eigenvalue weighted by Gasteiger charge is -2.16. The zero-order valence-electron chi connectivity index (χ0n) is 12.3. The number of primary amides is 1. The van der Waals surface area contributed by atoms with Gasteiger partial charge in [0.05, 0.1) is 5.92 Å². The van der Waals surface area contributed by atoms with Gasteiger partial charge in [-0.05, 0) is 23.6 Å². The van der Waals surface area contributed by atoms with Crippen molar-refractivity contribution in [3.8, 4) is 0 Å². The topological polar surface area (TPSA) is 113 Å². The Morgan fingerprint density at radius 2 is 1.91 bits per heavy atom. The van der Waals surface area contributed by atoms with E-state index >= 15 is 0 Å². The maximum Gasteiger partial charge on any atom is 0.312 e. The molecule has 1 aliphatic rings. The molecule has 4 N–H and O–H groups in total. The molecule has 2 atom stereocenters. The molecule has 0 aromatic heterocycles. The van der Waals surface area contributed by atoms with Crippen LogP contribution < -0.4 is 11.1 Å². The molecule has 118 valence electrons. The van der Waals surface area contributed by atoms with Gasteiger partial charge in [0.2, 0.25) is 0 Å². The highest BCUT2D eigenvalue weighted by atomic mass is 16.4. The first-order valence-corrected chi connectivity index (χ1v) is 7.03. The number of nitrogens with zero attached hydrogens (tertiary/aromatic N) is 1. The molecule has 1 fully saturated rings. The molecule has 1 aromatic carbocycles. The van der Waals surface area contributed by atoms with Crippen LogP contribution in [0.2, 0.25) is 0 Å². The van der Waals surface area contributed by atoms with Crippen LogP contribution >= 0.6 is 0 Å². The molecule has 7 nitrogen and oxygen atoms in total. The molecule has 1 aliphatic heterocycles. The van der Waals surface area contributed by atoms with Gasteiger partial charge in [0.15, 0.2) is 0 Å². The van der Waals surface area contributed by atoms with Gasteiger partial charge in [-0.3, -0.25) is 9.59 Å². The van der Waals surface area contributed by atoms with E-state index in [1.807, 2.05) is 6.92 Å². The van der Waals surface area contributed by atoms with Crippen molar-refractivity contribution in [1.29, 1.82) is 0 Å². The van der Waals surface area contributed by atoms with Crippen molar-refractivity contribution >= 4 is 17.9 Å². The van der Waals surface area contributed by atoms with E-state index in [2.05, 4.69) is 5.32 Å². The Morgan fingerprint density at radius 3 is 2.41 bits per heavy atom. The molecular weight excluding hydrogens is 286 g/mol. The average molecular weight is 305 g/mol. The molecule has 22 heavy (non-hydrogen) atoms. The second-order valence-electron chi connectivity index (χ2n) is 5.55. The summed E-state index contributed by atoms with van der Waals surface area (Å²) in [6.07, 6.45) is 0. The quantitative estimate of drug-likeness (QED) is 0.758. The smallest absolute Gasteiger partial charge is 0.312 e. The number of carbonyl (C=O) groups is 3. The van der Waals surface area contributed by atoms with Gasteiger partial charge < -0.3 is 21.1 Å². The number of urea groups is 1. The molecular formula is C15H19N3O4. The normalized spacial score (nSPS) is 20.7. The molecule has 1 saturated heterocycles. The Balaban J connectivity index is 2.01. The van der Waals surface area contributed by atoms with E-state index in [1.165, 1.54) is 0 Å². The third kappa shape index (κ3) is 3.55. The van der Waals surface area contributed by atoms with Crippen LogP contribution in [0.4, 0.5) is 4.79 Å². The molecule has 0 saturated carbocycles. The summed E-state index contributed by atoms with van der Waals surface area (Å²) < 4.78 is 0. The van der Waals surface area contributed by atoms with E-state index in [4.69, 9.17) is 10.8 Å². The summed E-state index contributed by atoms with van der Waals surface area (Å²) in [5.41, 5.74) is 6.32. The van der Waals surface area contributed by atoms with Crippen LogP contribution in [0.3, 0.4) is 0 Å². The van der Waals surface area contributed by atoms with Crippen LogP contribution in [0.25, 0.3) is 0 Å². The minimum absolute atomic E-state index is 0.0551. The number of carbonyl (C=O) groups excluding carboxylic acids is 2. The first-order chi connectivity index (χ1) is 10.4. The van der Waals surface area contributed by atoms with Gasteiger partial charge in [-0.1, -0.05) is 19.1 Å². The summed E-state index contributed by atoms with van der Waals surface area (Å²) >= 11 is 0. The highest BCUT2D eigenvalue weighted by Gasteiger charge is 2.37. The summed E-state index contributed by atoms with van der Waals surface area (Å²) in [6, 6.07) is 6.19. The van der Waals surface area contributed by atoms with Gasteiger partial charge in [-0.15, -0.1) is 0 Å². The number of carboxylic acids is 1. The van der Waals surface area contributed by atoms with E-state index in [1.54, 1.807) is 29.2 Å². The Kier molecular flexibility index (Phi) is 4.65. The van der Waals surface area contributed by atoms with E-state index < -0.39 is 17.9 Å². The van der Waals surface area contributed by atoms with E-state index in [-0.39, 0.29) is 18.4 Å². The molecule has 7 heteroatoms. The monoisotopic (exact) mass is 305 g/mol. The van der Waals surface area contributed by atoms with Crippen LogP contribution in [0, 0.1) is 11.8 Å². The molecule has 2 rings (SSSR count). The van der Waals surface area contributed by atoms with Crippen molar-refractivity contribution in [2.24, 2.45) is 17.6 Å². The molecule has 0 aliphatic carbocycles. The number of carboxylic acid groups (broad SMARTS) is 1. The lowest BCUT2D eigenvalue weighted by atomic mass is 9.99. The van der Waals surface area contributed by atoms with Gasteiger partial charge in [0.25, 0.3) is 5.91 Å². The summed E-state index contributed by atoms with van der Waals surface area (Å²) in [5, 5.41) is 11.6. The van der Waals surface area contributed by atoms with Crippen LogP contribution in [-0.2, 0) is 11.3 Å². The Bertz CT molecular complexity index is 585. The third-order valence-corrected chi connectivity index (χ3v) is 3.88. The molecule has 0 radical (unpaired) electrons. The maximum absolute atomic E-state index is 12.4. The third-order valence-electron chi connectivity index (χ3n) is 3.88. The average Bonchev–Trinajstić information content (AvgIpc) is 2.87. The summed E-state index contributed by atoms with van der Waals surface area (Å²) in [5.74, 6) is -1.61. The second-order valence-corrected chi connectivity index (χ2v) is 5.55. The first kappa shape index (κ1) is 15.8. The number of benzene rings is 1. The molecule has 0 bridgehead atoms. The second kappa shape index (κ2) is 6.46. The van der Waals surface area contributed by atoms with Crippen molar-refractivity contribution in [2.75, 3.05) is 13.1 Å². The van der Waals surface area contributed by atoms with Gasteiger partial charge in [0, 0.05) is 25.2 Å². The predicted molar refractivity (Wildman–Crippen MR) is 79.1 cm³/mol. The van der Waals surface area contributed by atoms with Crippen LogP contribution in [0.15, 0.2) is 24.3 Å². The molecule has 3 amide bonds. The minimum Gasteiger partial charge on any atom is -0.481 e. The molecule has 1 heterocycles. The lowest BCUT2D eigenvalue weighted by Crippen LogP contribution is -2.30. The zero-order valence-corrected chi connectivity index (χ0v) is 12.3. The summed E-state index contributed by atoms with van der Waals surface area (Å²) in [4.78, 5) is 35.7. The molecule has 1 aromatic rings. The SMILES string of the molecule is C[C@@H]1CN(C(=O)c2ccc(CNC(N)=O)cc2)C[C@H]1C(=O)O. The van der Waals surface area contributed by atoms with Crippen molar-refractivity contribution < 1.29 is 19.5 Å². The number of likely N-dealkylation sites (tertiary alicyclic amines) is 1. The maximum atomic E-state index is 12.4. The molecule has 0 unspecified atom stereocenters. The summed E-state index contributed by atoms with van der Waals surface area (Å²) in [7, 11) is 0. The number of rotatable bonds is 4. The van der Waals surface area contributed by atoms with Crippen molar-refractivity contribution in [3.63, 3.8) is 0 Å². The van der Waals surface area contributed by atoms with E-state index in [9.17, 15) is 14.4 Å². The Morgan fingerprint density at radius 1 is 1.27 bits per heavy atom. The minimum atomic E-state index is -0.865. The highest BCUT2D eigenvalue weighted by Crippen LogP contribution is 2.24. The lowest BCUT2D eigenvalue weighted by molar-refractivity contribution is -0.142. The zero-order chi connectivity index (χ0) is 16.3.